The number of thioether (sulfide) groups is 2. The summed E-state index contributed by atoms with van der Waals surface area (Å²) >= 11 is 28.0. The Balaban J connectivity index is 0.000000176. The molecule has 2 saturated heterocycles. The number of halogens is 4. The second-order valence-electron chi connectivity index (χ2n) is 20.1. The van der Waals surface area contributed by atoms with Crippen molar-refractivity contribution in [1.29, 1.82) is 0 Å². The van der Waals surface area contributed by atoms with E-state index in [4.69, 9.17) is 56.4 Å². The van der Waals surface area contributed by atoms with E-state index < -0.39 is 11.1 Å². The van der Waals surface area contributed by atoms with E-state index in [9.17, 15) is 9.59 Å². The summed E-state index contributed by atoms with van der Waals surface area (Å²) in [7, 11) is 2.09. The fraction of sp³-hybridized carbons (Fsp3) is 0.418. The maximum atomic E-state index is 13.9. The molecule has 0 radical (unpaired) electrons. The van der Waals surface area contributed by atoms with Crippen LogP contribution < -0.4 is 5.32 Å². The van der Waals surface area contributed by atoms with Crippen molar-refractivity contribution in [2.24, 2.45) is 21.8 Å². The summed E-state index contributed by atoms with van der Waals surface area (Å²) in [5.74, 6) is 0.515. The molecule has 71 heavy (non-hydrogen) atoms. The number of rotatable bonds is 12. The molecule has 10 rings (SSSR count). The van der Waals surface area contributed by atoms with Gasteiger partial charge in [0.1, 0.15) is 20.9 Å². The minimum Gasteiger partial charge on any atom is -0.333 e. The number of likely N-dealkylation sites (tertiary alicyclic amines) is 1. The third-order valence-corrected chi connectivity index (χ3v) is 17.7. The van der Waals surface area contributed by atoms with Crippen LogP contribution in [-0.2, 0) is 20.7 Å². The first-order chi connectivity index (χ1) is 33.9. The molecule has 2 fully saturated rings. The average molecular weight is 1070 g/mol. The molecule has 1 N–H and O–H groups in total. The van der Waals surface area contributed by atoms with Crippen LogP contribution in [0.25, 0.3) is 0 Å². The molecule has 2 amide bonds. The summed E-state index contributed by atoms with van der Waals surface area (Å²) in [6, 6.07) is 32.1. The Kier molecular flexibility index (Phi) is 15.2. The number of nitrogens with zero attached hydrogens (tertiary/aromatic N) is 7. The maximum Gasteiger partial charge on any atom is 0.262 e. The lowest BCUT2D eigenvalue weighted by molar-refractivity contribution is -0.131. The van der Waals surface area contributed by atoms with E-state index in [2.05, 4.69) is 131 Å². The fourth-order valence-electron chi connectivity index (χ4n) is 10.9. The van der Waals surface area contributed by atoms with Crippen LogP contribution in [0.2, 0.25) is 20.1 Å². The number of benzene rings is 4. The summed E-state index contributed by atoms with van der Waals surface area (Å²) in [6.45, 7) is 22.0. The zero-order chi connectivity index (χ0) is 50.7. The molecule has 6 heterocycles. The van der Waals surface area contributed by atoms with Gasteiger partial charge < -0.3 is 29.8 Å². The van der Waals surface area contributed by atoms with Crippen molar-refractivity contribution in [3.8, 4) is 0 Å². The number of hydrogen-bond donors (Lipinski definition) is 1. The highest BCUT2D eigenvalue weighted by atomic mass is 35.5. The summed E-state index contributed by atoms with van der Waals surface area (Å²) in [5.41, 5.74) is 5.35. The van der Waals surface area contributed by atoms with E-state index in [0.717, 1.165) is 80.0 Å². The van der Waals surface area contributed by atoms with E-state index in [1.165, 1.54) is 23.5 Å². The molecular formula is C55H62Cl4N8O2S2. The summed E-state index contributed by atoms with van der Waals surface area (Å²) in [4.78, 5) is 50.8. The third kappa shape index (κ3) is 9.58. The van der Waals surface area contributed by atoms with Crippen molar-refractivity contribution in [3.05, 3.63) is 161 Å². The van der Waals surface area contributed by atoms with Crippen LogP contribution in [0.15, 0.2) is 128 Å². The zero-order valence-corrected chi connectivity index (χ0v) is 46.4. The Labute approximate surface area is 447 Å². The standard InChI is InChI=1S/C28H32Cl2N4OS.C27H30Cl2N4OS/c1-6-33(22-15-32(5)16-22)26(35)24-23(17(2)3)34-25(18-7-11-20(29)12-8-18)28(4,31-27(34)36-24)19-9-13-21(30)14-10-19;1-5-32(21-14-30-15-21)25(34)23-22(16(2)3)33-24(17-6-10-19(28)11-7-17)27(4,31-26(33)35-23)18-8-12-20(29)13-9-18/h7-14,17,22,25H,6,15-16H2,1-5H3;6-13,16,21,24,30H,5,14-15H2,1-4H3/t25-,28+;24-,27+/m11/s1. The van der Waals surface area contributed by atoms with Gasteiger partial charge in [-0.3, -0.25) is 9.59 Å². The fourth-order valence-corrected chi connectivity index (χ4v) is 14.1. The van der Waals surface area contributed by atoms with Crippen molar-refractivity contribution in [3.63, 3.8) is 0 Å². The number of allylic oxidation sites excluding steroid dienone is 2. The van der Waals surface area contributed by atoms with Crippen LogP contribution in [0.5, 0.6) is 0 Å². The number of carbonyl (C=O) groups excluding carboxylic acids is 2. The lowest BCUT2D eigenvalue weighted by Crippen LogP contribution is -2.59. The van der Waals surface area contributed by atoms with Crippen LogP contribution in [-0.4, -0.2) is 105 Å². The first kappa shape index (κ1) is 51.9. The second kappa shape index (κ2) is 20.7. The largest absolute Gasteiger partial charge is 0.333 e. The molecule has 0 unspecified atom stereocenters. The Morgan fingerprint density at radius 2 is 0.944 bits per heavy atom. The van der Waals surface area contributed by atoms with Gasteiger partial charge in [0, 0.05) is 70.8 Å². The van der Waals surface area contributed by atoms with Crippen LogP contribution in [0.3, 0.4) is 0 Å². The molecule has 6 aliphatic heterocycles. The van der Waals surface area contributed by atoms with Crippen molar-refractivity contribution in [1.82, 2.24) is 29.8 Å². The van der Waals surface area contributed by atoms with Gasteiger partial charge in [0.05, 0.1) is 24.2 Å². The average Bonchev–Trinajstić information content (AvgIpc) is 4.03. The molecule has 374 valence electrons. The van der Waals surface area contributed by atoms with Crippen LogP contribution in [0.1, 0.15) is 89.7 Å². The van der Waals surface area contributed by atoms with E-state index in [0.29, 0.717) is 33.2 Å². The van der Waals surface area contributed by atoms with Gasteiger partial charge in [-0.05, 0) is 141 Å². The van der Waals surface area contributed by atoms with Gasteiger partial charge in [0.2, 0.25) is 0 Å². The molecule has 4 aromatic rings. The van der Waals surface area contributed by atoms with Gasteiger partial charge in [-0.25, -0.2) is 9.98 Å². The lowest BCUT2D eigenvalue weighted by atomic mass is 9.81. The van der Waals surface area contributed by atoms with E-state index >= 15 is 0 Å². The van der Waals surface area contributed by atoms with E-state index in [1.54, 1.807) is 0 Å². The normalized spacial score (nSPS) is 24.2. The Morgan fingerprint density at radius 1 is 0.606 bits per heavy atom. The number of fused-ring (bicyclic) bond motifs is 2. The first-order valence-corrected chi connectivity index (χ1v) is 27.7. The quantitative estimate of drug-likeness (QED) is 0.150. The third-order valence-electron chi connectivity index (χ3n) is 14.6. The molecule has 4 aromatic carbocycles. The number of nitrogens with one attached hydrogen (secondary N) is 1. The maximum absolute atomic E-state index is 13.9. The predicted octanol–water partition coefficient (Wildman–Crippen LogP) is 12.5. The van der Waals surface area contributed by atoms with E-state index in [-0.39, 0.29) is 47.8 Å². The minimum atomic E-state index is -0.559. The Bertz CT molecular complexity index is 2790. The molecule has 0 aliphatic carbocycles. The smallest absolute Gasteiger partial charge is 0.262 e. The number of amides is 2. The summed E-state index contributed by atoms with van der Waals surface area (Å²) < 4.78 is 0. The van der Waals surface area contributed by atoms with Crippen molar-refractivity contribution in [2.75, 3.05) is 46.3 Å². The lowest BCUT2D eigenvalue weighted by Gasteiger charge is -2.43. The number of hydrogen-bond acceptors (Lipinski definition) is 10. The van der Waals surface area contributed by atoms with Crippen LogP contribution in [0, 0.1) is 11.8 Å². The number of amidine groups is 2. The molecule has 4 atom stereocenters. The first-order valence-electron chi connectivity index (χ1n) is 24.5. The van der Waals surface area contributed by atoms with Crippen LogP contribution >= 0.6 is 69.9 Å². The van der Waals surface area contributed by atoms with Gasteiger partial charge in [-0.1, -0.05) is 123 Å². The number of carbonyl (C=O) groups is 2. The van der Waals surface area contributed by atoms with Crippen molar-refractivity contribution < 1.29 is 9.59 Å². The number of aliphatic imine (C=N–C) groups is 2. The SMILES string of the molecule is CCN(C(=O)C1=C(C(C)C)N2C(=N[C@@](C)(c3ccc(Cl)cc3)[C@H]2c2ccc(Cl)cc2)S1)C1CN(C)C1.CCN(C(=O)C1=C(C(C)C)N2C(=N[C@@](C)(c3ccc(Cl)cc3)[C@H]2c2ccc(Cl)cc2)S1)C1CNC1. The van der Waals surface area contributed by atoms with Crippen molar-refractivity contribution in [2.45, 2.75) is 90.6 Å². The summed E-state index contributed by atoms with van der Waals surface area (Å²) in [5, 5.41) is 7.82. The Hall–Kier alpha value is -3.98. The Morgan fingerprint density at radius 3 is 1.24 bits per heavy atom. The molecule has 16 heteroatoms. The molecule has 0 saturated carbocycles. The second-order valence-corrected chi connectivity index (χ2v) is 23.8. The molecule has 0 aromatic heterocycles. The van der Waals surface area contributed by atoms with Gasteiger partial charge >= 0.3 is 0 Å². The highest BCUT2D eigenvalue weighted by molar-refractivity contribution is 8.18. The monoisotopic (exact) mass is 1070 g/mol. The van der Waals surface area contributed by atoms with Gasteiger partial charge in [0.15, 0.2) is 10.3 Å². The van der Waals surface area contributed by atoms with Crippen molar-refractivity contribution >= 4 is 92.1 Å². The summed E-state index contributed by atoms with van der Waals surface area (Å²) in [6.07, 6.45) is 0. The minimum absolute atomic E-state index is 0.104. The molecular weight excluding hydrogens is 1010 g/mol. The van der Waals surface area contributed by atoms with Crippen LogP contribution in [0.4, 0.5) is 0 Å². The molecule has 0 bridgehead atoms. The molecule has 0 spiro atoms. The van der Waals surface area contributed by atoms with Gasteiger partial charge in [0.25, 0.3) is 11.8 Å². The van der Waals surface area contributed by atoms with Gasteiger partial charge in [-0.2, -0.15) is 0 Å². The zero-order valence-electron chi connectivity index (χ0n) is 41.7. The highest BCUT2D eigenvalue weighted by Crippen LogP contribution is 2.58. The van der Waals surface area contributed by atoms with Gasteiger partial charge in [-0.15, -0.1) is 0 Å². The number of likely N-dealkylation sites (N-methyl/N-ethyl adjacent to an activating group) is 3. The molecule has 10 nitrogen and oxygen atoms in total. The predicted molar refractivity (Wildman–Crippen MR) is 296 cm³/mol. The highest BCUT2D eigenvalue weighted by Gasteiger charge is 2.55. The topological polar surface area (TPSA) is 87.1 Å². The molecule has 6 aliphatic rings. The van der Waals surface area contributed by atoms with E-state index in [1.807, 2.05) is 58.3 Å².